The van der Waals surface area contributed by atoms with Crippen molar-refractivity contribution in [3.05, 3.63) is 59.8 Å². The van der Waals surface area contributed by atoms with Crippen LogP contribution in [0.15, 0.2) is 42.7 Å². The molecule has 0 spiro atoms. The number of pyridine rings is 1. The number of carbonyl (C=O) groups excluding carboxylic acids is 1. The first-order valence-electron chi connectivity index (χ1n) is 8.99. The predicted molar refractivity (Wildman–Crippen MR) is 104 cm³/mol. The fourth-order valence-electron chi connectivity index (χ4n) is 2.75. The number of ether oxygens (including phenoxy) is 1. The SMILES string of the molecule is COCCCn1cnnc1CNC(=O)c1ccc(-c2ccc(O)c(C)n2)cc1. The van der Waals surface area contributed by atoms with E-state index < -0.39 is 0 Å². The lowest BCUT2D eigenvalue weighted by Crippen LogP contribution is -2.24. The second kappa shape index (κ2) is 9.09. The molecule has 0 saturated heterocycles. The Morgan fingerprint density at radius 3 is 2.71 bits per heavy atom. The lowest BCUT2D eigenvalue weighted by molar-refractivity contribution is 0.0949. The zero-order valence-electron chi connectivity index (χ0n) is 15.9. The molecule has 146 valence electrons. The molecule has 0 aliphatic rings. The van der Waals surface area contributed by atoms with Gasteiger partial charge >= 0.3 is 0 Å². The molecule has 8 heteroatoms. The Hall–Kier alpha value is -3.26. The van der Waals surface area contributed by atoms with E-state index in [1.165, 1.54) is 0 Å². The molecule has 3 aromatic rings. The van der Waals surface area contributed by atoms with Crippen LogP contribution in [0.5, 0.6) is 5.75 Å². The molecule has 0 bridgehead atoms. The molecule has 0 saturated carbocycles. The summed E-state index contributed by atoms with van der Waals surface area (Å²) in [5, 5.41) is 20.4. The summed E-state index contributed by atoms with van der Waals surface area (Å²) in [5.41, 5.74) is 2.72. The molecule has 0 atom stereocenters. The zero-order valence-corrected chi connectivity index (χ0v) is 15.9. The lowest BCUT2D eigenvalue weighted by Gasteiger charge is -2.08. The van der Waals surface area contributed by atoms with Gasteiger partial charge in [-0.1, -0.05) is 12.1 Å². The number of aromatic hydroxyl groups is 1. The summed E-state index contributed by atoms with van der Waals surface area (Å²) in [6.07, 6.45) is 2.50. The van der Waals surface area contributed by atoms with Gasteiger partial charge in [-0.2, -0.15) is 0 Å². The topological polar surface area (TPSA) is 102 Å². The van der Waals surface area contributed by atoms with Gasteiger partial charge in [-0.15, -0.1) is 10.2 Å². The molecule has 1 aromatic carbocycles. The summed E-state index contributed by atoms with van der Waals surface area (Å²) < 4.78 is 6.95. The molecule has 0 fully saturated rings. The van der Waals surface area contributed by atoms with Crippen LogP contribution in [0.3, 0.4) is 0 Å². The fraction of sp³-hybridized carbons (Fsp3) is 0.300. The second-order valence-electron chi connectivity index (χ2n) is 6.35. The van der Waals surface area contributed by atoms with Gasteiger partial charge in [-0.05, 0) is 37.6 Å². The van der Waals surface area contributed by atoms with Crippen LogP contribution < -0.4 is 5.32 Å². The third-order valence-corrected chi connectivity index (χ3v) is 4.35. The van der Waals surface area contributed by atoms with Crippen LogP contribution in [0.25, 0.3) is 11.3 Å². The largest absolute Gasteiger partial charge is 0.506 e. The minimum Gasteiger partial charge on any atom is -0.506 e. The maximum atomic E-state index is 12.4. The third-order valence-electron chi connectivity index (χ3n) is 4.35. The number of benzene rings is 1. The molecule has 28 heavy (non-hydrogen) atoms. The number of aryl methyl sites for hydroxylation is 2. The van der Waals surface area contributed by atoms with Crippen LogP contribution in [-0.4, -0.2) is 44.5 Å². The first-order chi connectivity index (χ1) is 13.6. The van der Waals surface area contributed by atoms with Crippen LogP contribution in [-0.2, 0) is 17.8 Å². The normalized spacial score (nSPS) is 10.8. The molecule has 3 rings (SSSR count). The standard InChI is InChI=1S/C20H23N5O3/c1-14-18(26)9-8-17(23-14)15-4-6-16(7-5-15)20(27)21-12-19-24-22-13-25(19)10-3-11-28-2/h4-9,13,26H,3,10-12H2,1-2H3,(H,21,27). The molecule has 0 radical (unpaired) electrons. The Labute approximate surface area is 163 Å². The van der Waals surface area contributed by atoms with Crippen molar-refractivity contribution in [2.45, 2.75) is 26.4 Å². The molecule has 8 nitrogen and oxygen atoms in total. The molecular weight excluding hydrogens is 358 g/mol. The molecule has 1 amide bonds. The van der Waals surface area contributed by atoms with Gasteiger partial charge in [0, 0.05) is 31.4 Å². The number of carbonyl (C=O) groups is 1. The average molecular weight is 381 g/mol. The highest BCUT2D eigenvalue weighted by atomic mass is 16.5. The van der Waals surface area contributed by atoms with Crippen molar-refractivity contribution < 1.29 is 14.6 Å². The molecule has 0 aliphatic heterocycles. The molecular formula is C20H23N5O3. The maximum Gasteiger partial charge on any atom is 0.251 e. The van der Waals surface area contributed by atoms with E-state index in [2.05, 4.69) is 20.5 Å². The molecule has 2 N–H and O–H groups in total. The van der Waals surface area contributed by atoms with Gasteiger partial charge in [0.05, 0.1) is 17.9 Å². The summed E-state index contributed by atoms with van der Waals surface area (Å²) >= 11 is 0. The van der Waals surface area contributed by atoms with Gasteiger partial charge in [-0.3, -0.25) is 4.79 Å². The smallest absolute Gasteiger partial charge is 0.251 e. The van der Waals surface area contributed by atoms with E-state index in [1.807, 2.05) is 16.7 Å². The van der Waals surface area contributed by atoms with Crippen LogP contribution in [0.1, 0.15) is 28.3 Å². The highest BCUT2D eigenvalue weighted by molar-refractivity contribution is 5.94. The van der Waals surface area contributed by atoms with E-state index >= 15 is 0 Å². The lowest BCUT2D eigenvalue weighted by atomic mass is 10.1. The Balaban J connectivity index is 1.61. The third kappa shape index (κ3) is 4.72. The number of nitrogens with zero attached hydrogens (tertiary/aromatic N) is 4. The van der Waals surface area contributed by atoms with Gasteiger partial charge in [-0.25, -0.2) is 4.98 Å². The van der Waals surface area contributed by atoms with Gasteiger partial charge in [0.2, 0.25) is 0 Å². The van der Waals surface area contributed by atoms with Gasteiger partial charge in [0.1, 0.15) is 12.1 Å². The van der Waals surface area contributed by atoms with Crippen molar-refractivity contribution in [1.29, 1.82) is 0 Å². The van der Waals surface area contributed by atoms with Crippen molar-refractivity contribution in [1.82, 2.24) is 25.1 Å². The van der Waals surface area contributed by atoms with E-state index in [9.17, 15) is 9.90 Å². The van der Waals surface area contributed by atoms with E-state index in [-0.39, 0.29) is 11.7 Å². The Morgan fingerprint density at radius 2 is 2.00 bits per heavy atom. The van der Waals surface area contributed by atoms with E-state index in [4.69, 9.17) is 4.74 Å². The Bertz CT molecular complexity index is 937. The van der Waals surface area contributed by atoms with Crippen LogP contribution in [0.4, 0.5) is 0 Å². The monoisotopic (exact) mass is 381 g/mol. The van der Waals surface area contributed by atoms with Gasteiger partial charge in [0.15, 0.2) is 5.82 Å². The van der Waals surface area contributed by atoms with Gasteiger partial charge in [0.25, 0.3) is 5.91 Å². The highest BCUT2D eigenvalue weighted by Crippen LogP contribution is 2.22. The van der Waals surface area contributed by atoms with Crippen molar-refractivity contribution in [3.8, 4) is 17.0 Å². The number of rotatable bonds is 8. The molecule has 2 aromatic heterocycles. The highest BCUT2D eigenvalue weighted by Gasteiger charge is 2.10. The Morgan fingerprint density at radius 1 is 1.21 bits per heavy atom. The maximum absolute atomic E-state index is 12.4. The summed E-state index contributed by atoms with van der Waals surface area (Å²) in [4.78, 5) is 16.8. The van der Waals surface area contributed by atoms with Crippen molar-refractivity contribution in [2.75, 3.05) is 13.7 Å². The number of hydrogen-bond acceptors (Lipinski definition) is 6. The minimum absolute atomic E-state index is 0.162. The van der Waals surface area contributed by atoms with Crippen LogP contribution in [0.2, 0.25) is 0 Å². The molecule has 0 aliphatic carbocycles. The summed E-state index contributed by atoms with van der Waals surface area (Å²) in [5.74, 6) is 0.674. The van der Waals surface area contributed by atoms with E-state index in [1.54, 1.807) is 44.6 Å². The van der Waals surface area contributed by atoms with Crippen molar-refractivity contribution >= 4 is 5.91 Å². The van der Waals surface area contributed by atoms with Crippen molar-refractivity contribution in [2.24, 2.45) is 0 Å². The summed E-state index contributed by atoms with van der Waals surface area (Å²) in [7, 11) is 1.66. The van der Waals surface area contributed by atoms with E-state index in [0.717, 1.165) is 24.2 Å². The number of methoxy groups -OCH3 is 1. The number of amides is 1. The van der Waals surface area contributed by atoms with Crippen molar-refractivity contribution in [3.63, 3.8) is 0 Å². The molecule has 2 heterocycles. The number of hydrogen-bond donors (Lipinski definition) is 2. The quantitative estimate of drug-likeness (QED) is 0.581. The number of nitrogens with one attached hydrogen (secondary N) is 1. The van der Waals surface area contributed by atoms with Gasteiger partial charge < -0.3 is 19.7 Å². The Kier molecular flexibility index (Phi) is 6.33. The first kappa shape index (κ1) is 19.5. The second-order valence-corrected chi connectivity index (χ2v) is 6.35. The molecule has 0 unspecified atom stereocenters. The van der Waals surface area contributed by atoms with Crippen LogP contribution >= 0.6 is 0 Å². The first-order valence-corrected chi connectivity index (χ1v) is 8.99. The predicted octanol–water partition coefficient (Wildman–Crippen LogP) is 2.32. The number of aromatic nitrogens is 4. The minimum atomic E-state index is -0.187. The average Bonchev–Trinajstić information content (AvgIpc) is 3.16. The summed E-state index contributed by atoms with van der Waals surface area (Å²) in [6, 6.07) is 10.5. The van der Waals surface area contributed by atoms with Crippen LogP contribution in [0, 0.1) is 6.92 Å². The fourth-order valence-corrected chi connectivity index (χ4v) is 2.75. The van der Waals surface area contributed by atoms with E-state index in [0.29, 0.717) is 30.2 Å². The summed E-state index contributed by atoms with van der Waals surface area (Å²) in [6.45, 7) is 3.44. The zero-order chi connectivity index (χ0) is 19.9.